The molecule has 0 radical (unpaired) electrons. The third kappa shape index (κ3) is 2.67. The molecule has 2 rings (SSSR count). The van der Waals surface area contributed by atoms with E-state index in [4.69, 9.17) is 5.73 Å². The standard InChI is InChI=1S/C14H20N2O/c1-11(17)16-9-7-13-10-12(4-2-3-8-15)5-6-14(13)16/h5-6,10H,2-4,7-9,15H2,1H3. The number of anilines is 1. The van der Waals surface area contributed by atoms with Crippen LogP contribution in [0.25, 0.3) is 0 Å². The molecule has 0 spiro atoms. The Labute approximate surface area is 103 Å². The van der Waals surface area contributed by atoms with Crippen LogP contribution in [0, 0.1) is 0 Å². The molecule has 92 valence electrons. The van der Waals surface area contributed by atoms with Gasteiger partial charge in [0, 0.05) is 19.2 Å². The van der Waals surface area contributed by atoms with Crippen molar-refractivity contribution in [2.24, 2.45) is 5.73 Å². The van der Waals surface area contributed by atoms with Crippen molar-refractivity contribution < 1.29 is 4.79 Å². The topological polar surface area (TPSA) is 46.3 Å². The molecule has 0 fully saturated rings. The zero-order chi connectivity index (χ0) is 12.3. The van der Waals surface area contributed by atoms with Gasteiger partial charge in [-0.1, -0.05) is 12.1 Å². The van der Waals surface area contributed by atoms with Gasteiger partial charge in [-0.15, -0.1) is 0 Å². The highest BCUT2D eigenvalue weighted by atomic mass is 16.2. The summed E-state index contributed by atoms with van der Waals surface area (Å²) in [5.74, 6) is 0.139. The Bertz CT molecular complexity index is 415. The Balaban J connectivity index is 2.08. The van der Waals surface area contributed by atoms with E-state index in [9.17, 15) is 4.79 Å². The molecule has 0 aliphatic carbocycles. The fourth-order valence-corrected chi connectivity index (χ4v) is 2.41. The van der Waals surface area contributed by atoms with Crippen molar-refractivity contribution in [2.45, 2.75) is 32.6 Å². The van der Waals surface area contributed by atoms with Crippen LogP contribution in [-0.4, -0.2) is 19.0 Å². The summed E-state index contributed by atoms with van der Waals surface area (Å²) in [5, 5.41) is 0. The lowest BCUT2D eigenvalue weighted by Gasteiger charge is -2.14. The summed E-state index contributed by atoms with van der Waals surface area (Å²) in [5.41, 5.74) is 9.26. The summed E-state index contributed by atoms with van der Waals surface area (Å²) in [6, 6.07) is 6.47. The van der Waals surface area contributed by atoms with E-state index in [0.29, 0.717) is 0 Å². The normalized spacial score (nSPS) is 13.9. The van der Waals surface area contributed by atoms with Crippen LogP contribution in [0.4, 0.5) is 5.69 Å². The number of fused-ring (bicyclic) bond motifs is 1. The first-order valence-electron chi connectivity index (χ1n) is 6.32. The fraction of sp³-hybridized carbons (Fsp3) is 0.500. The van der Waals surface area contributed by atoms with Gasteiger partial charge in [-0.3, -0.25) is 4.79 Å². The summed E-state index contributed by atoms with van der Waals surface area (Å²) < 4.78 is 0. The van der Waals surface area contributed by atoms with Crippen molar-refractivity contribution >= 4 is 11.6 Å². The molecule has 1 aliphatic rings. The minimum absolute atomic E-state index is 0.139. The third-order valence-electron chi connectivity index (χ3n) is 3.34. The van der Waals surface area contributed by atoms with Crippen LogP contribution >= 0.6 is 0 Å². The lowest BCUT2D eigenvalue weighted by atomic mass is 10.0. The Morgan fingerprint density at radius 3 is 2.94 bits per heavy atom. The van der Waals surface area contributed by atoms with Gasteiger partial charge in [0.2, 0.25) is 5.91 Å². The van der Waals surface area contributed by atoms with Crippen molar-refractivity contribution in [1.82, 2.24) is 0 Å². The van der Waals surface area contributed by atoms with Crippen LogP contribution in [0.3, 0.4) is 0 Å². The quantitative estimate of drug-likeness (QED) is 0.806. The molecule has 2 N–H and O–H groups in total. The molecule has 1 aliphatic heterocycles. The molecule has 1 aromatic carbocycles. The number of amides is 1. The summed E-state index contributed by atoms with van der Waals surface area (Å²) >= 11 is 0. The molecule has 3 heteroatoms. The fourth-order valence-electron chi connectivity index (χ4n) is 2.41. The molecule has 0 bridgehead atoms. The van der Waals surface area contributed by atoms with Crippen LogP contribution in [0.5, 0.6) is 0 Å². The Morgan fingerprint density at radius 1 is 1.41 bits per heavy atom. The molecule has 0 unspecified atom stereocenters. The van der Waals surface area contributed by atoms with Crippen LogP contribution in [0.2, 0.25) is 0 Å². The minimum Gasteiger partial charge on any atom is -0.330 e. The molecule has 1 heterocycles. The largest absolute Gasteiger partial charge is 0.330 e. The highest BCUT2D eigenvalue weighted by molar-refractivity contribution is 5.93. The van der Waals surface area contributed by atoms with E-state index in [-0.39, 0.29) is 5.91 Å². The number of rotatable bonds is 4. The third-order valence-corrected chi connectivity index (χ3v) is 3.34. The lowest BCUT2D eigenvalue weighted by molar-refractivity contribution is -0.116. The summed E-state index contributed by atoms with van der Waals surface area (Å²) in [4.78, 5) is 13.3. The Morgan fingerprint density at radius 2 is 2.24 bits per heavy atom. The van der Waals surface area contributed by atoms with Crippen LogP contribution in [0.1, 0.15) is 30.9 Å². The van der Waals surface area contributed by atoms with Gasteiger partial charge in [0.05, 0.1) is 0 Å². The first kappa shape index (κ1) is 12.1. The van der Waals surface area contributed by atoms with Crippen molar-refractivity contribution in [3.8, 4) is 0 Å². The number of nitrogens with zero attached hydrogens (tertiary/aromatic N) is 1. The maximum Gasteiger partial charge on any atom is 0.223 e. The molecular weight excluding hydrogens is 212 g/mol. The predicted octanol–water partition coefficient (Wildman–Crippen LogP) is 1.88. The number of aryl methyl sites for hydroxylation is 1. The predicted molar refractivity (Wildman–Crippen MR) is 70.2 cm³/mol. The smallest absolute Gasteiger partial charge is 0.223 e. The first-order chi connectivity index (χ1) is 8.22. The number of unbranched alkanes of at least 4 members (excludes halogenated alkanes) is 1. The molecule has 3 nitrogen and oxygen atoms in total. The molecular formula is C14H20N2O. The van der Waals surface area contributed by atoms with E-state index in [1.54, 1.807) is 6.92 Å². The molecule has 0 atom stereocenters. The average molecular weight is 232 g/mol. The van der Waals surface area contributed by atoms with E-state index in [0.717, 1.165) is 44.5 Å². The number of hydrogen-bond donors (Lipinski definition) is 1. The number of nitrogens with two attached hydrogens (primary N) is 1. The second-order valence-corrected chi connectivity index (χ2v) is 4.63. The van der Waals surface area contributed by atoms with Gasteiger partial charge < -0.3 is 10.6 Å². The second kappa shape index (κ2) is 5.32. The minimum atomic E-state index is 0.139. The number of benzene rings is 1. The molecule has 17 heavy (non-hydrogen) atoms. The lowest BCUT2D eigenvalue weighted by Crippen LogP contribution is -2.25. The Kier molecular flexibility index (Phi) is 3.79. The maximum absolute atomic E-state index is 11.4. The number of carbonyl (C=O) groups is 1. The van der Waals surface area contributed by atoms with E-state index in [2.05, 4.69) is 18.2 Å². The van der Waals surface area contributed by atoms with Gasteiger partial charge in [0.1, 0.15) is 0 Å². The van der Waals surface area contributed by atoms with Crippen molar-refractivity contribution in [1.29, 1.82) is 0 Å². The molecule has 1 aromatic rings. The average Bonchev–Trinajstić information content (AvgIpc) is 2.72. The van der Waals surface area contributed by atoms with Gasteiger partial charge in [-0.25, -0.2) is 0 Å². The van der Waals surface area contributed by atoms with E-state index < -0.39 is 0 Å². The summed E-state index contributed by atoms with van der Waals surface area (Å²) in [6.07, 6.45) is 4.30. The van der Waals surface area contributed by atoms with Crippen molar-refractivity contribution in [2.75, 3.05) is 18.0 Å². The highest BCUT2D eigenvalue weighted by Crippen LogP contribution is 2.29. The number of hydrogen-bond acceptors (Lipinski definition) is 2. The van der Waals surface area contributed by atoms with Crippen LogP contribution in [-0.2, 0) is 17.6 Å². The zero-order valence-electron chi connectivity index (χ0n) is 10.4. The number of carbonyl (C=O) groups excluding carboxylic acids is 1. The van der Waals surface area contributed by atoms with E-state index >= 15 is 0 Å². The molecule has 0 saturated carbocycles. The monoisotopic (exact) mass is 232 g/mol. The van der Waals surface area contributed by atoms with E-state index in [1.165, 1.54) is 11.1 Å². The first-order valence-corrected chi connectivity index (χ1v) is 6.32. The van der Waals surface area contributed by atoms with E-state index in [1.807, 2.05) is 4.90 Å². The molecule has 0 saturated heterocycles. The van der Waals surface area contributed by atoms with Gasteiger partial charge >= 0.3 is 0 Å². The van der Waals surface area contributed by atoms with Gasteiger partial charge in [0.15, 0.2) is 0 Å². The van der Waals surface area contributed by atoms with Gasteiger partial charge in [-0.2, -0.15) is 0 Å². The zero-order valence-corrected chi connectivity index (χ0v) is 10.4. The van der Waals surface area contributed by atoms with Crippen molar-refractivity contribution in [3.05, 3.63) is 29.3 Å². The van der Waals surface area contributed by atoms with Crippen LogP contribution in [0.15, 0.2) is 18.2 Å². The molecule has 1 amide bonds. The Hall–Kier alpha value is -1.35. The van der Waals surface area contributed by atoms with Gasteiger partial charge in [0.25, 0.3) is 0 Å². The highest BCUT2D eigenvalue weighted by Gasteiger charge is 2.21. The van der Waals surface area contributed by atoms with Gasteiger partial charge in [-0.05, 0) is 49.4 Å². The summed E-state index contributed by atoms with van der Waals surface area (Å²) in [6.45, 7) is 3.23. The summed E-state index contributed by atoms with van der Waals surface area (Å²) in [7, 11) is 0. The SMILES string of the molecule is CC(=O)N1CCc2cc(CCCCN)ccc21. The second-order valence-electron chi connectivity index (χ2n) is 4.63. The maximum atomic E-state index is 11.4. The van der Waals surface area contributed by atoms with Crippen molar-refractivity contribution in [3.63, 3.8) is 0 Å². The molecule has 0 aromatic heterocycles. The van der Waals surface area contributed by atoms with Crippen LogP contribution < -0.4 is 10.6 Å².